The van der Waals surface area contributed by atoms with Crippen LogP contribution in [0.2, 0.25) is 0 Å². The maximum absolute atomic E-state index is 3.45. The molecule has 0 unspecified atom stereocenters. The van der Waals surface area contributed by atoms with Gasteiger partial charge in [0.05, 0.1) is 0 Å². The van der Waals surface area contributed by atoms with Gasteiger partial charge in [0.1, 0.15) is 0 Å². The molecule has 0 spiro atoms. The smallest absolute Gasteiger partial charge is 0.0400 e. The Morgan fingerprint density at radius 2 is 0.833 bits per heavy atom. The molecule has 0 amide bonds. The maximum atomic E-state index is 3.45. The molecule has 0 saturated carbocycles. The Morgan fingerprint density at radius 1 is 0.500 bits per heavy atom. The topological polar surface area (TPSA) is 24.1 Å². The molecular weight excluding hydrogens is 522 g/mol. The summed E-state index contributed by atoms with van der Waals surface area (Å²) in [4.78, 5) is 0. The molecule has 2 N–H and O–H groups in total. The fraction of sp³-hybridized carbons (Fsp3) is 0.100. The SMILES string of the molecule is Ic1ccc(NCc2ccc(CNc3ccc(I)cc3)cc2)cc1. The molecule has 0 aliphatic heterocycles. The lowest BCUT2D eigenvalue weighted by Crippen LogP contribution is -2.01. The van der Waals surface area contributed by atoms with Crippen molar-refractivity contribution in [1.29, 1.82) is 0 Å². The Hall–Kier alpha value is -1.28. The van der Waals surface area contributed by atoms with Crippen molar-refractivity contribution in [2.24, 2.45) is 0 Å². The Morgan fingerprint density at radius 3 is 1.17 bits per heavy atom. The molecule has 0 bridgehead atoms. The van der Waals surface area contributed by atoms with Crippen LogP contribution < -0.4 is 10.6 Å². The van der Waals surface area contributed by atoms with Gasteiger partial charge < -0.3 is 10.6 Å². The van der Waals surface area contributed by atoms with Gasteiger partial charge in [-0.3, -0.25) is 0 Å². The molecule has 0 aliphatic rings. The molecule has 4 heteroatoms. The second-order valence-electron chi connectivity index (χ2n) is 5.54. The van der Waals surface area contributed by atoms with Crippen LogP contribution >= 0.6 is 45.2 Å². The normalized spacial score (nSPS) is 10.4. The van der Waals surface area contributed by atoms with Gasteiger partial charge in [-0.05, 0) is 105 Å². The molecule has 3 rings (SSSR count). The van der Waals surface area contributed by atoms with E-state index in [2.05, 4.69) is 129 Å². The number of halogens is 2. The average Bonchev–Trinajstić information content (AvgIpc) is 2.62. The Bertz CT molecular complexity index is 698. The molecule has 0 fully saturated rings. The van der Waals surface area contributed by atoms with Gasteiger partial charge in [-0.15, -0.1) is 0 Å². The summed E-state index contributed by atoms with van der Waals surface area (Å²) in [5.41, 5.74) is 4.87. The molecule has 2 nitrogen and oxygen atoms in total. The van der Waals surface area contributed by atoms with E-state index in [1.165, 1.54) is 18.3 Å². The minimum Gasteiger partial charge on any atom is -0.381 e. The summed E-state index contributed by atoms with van der Waals surface area (Å²) in [7, 11) is 0. The number of hydrogen-bond acceptors (Lipinski definition) is 2. The molecule has 0 saturated heterocycles. The third kappa shape index (κ3) is 5.37. The second-order valence-corrected chi connectivity index (χ2v) is 8.03. The van der Waals surface area contributed by atoms with Crippen LogP contribution in [0.15, 0.2) is 72.8 Å². The summed E-state index contributed by atoms with van der Waals surface area (Å²) in [5.74, 6) is 0. The van der Waals surface area contributed by atoms with Gasteiger partial charge in [-0.2, -0.15) is 0 Å². The van der Waals surface area contributed by atoms with Crippen LogP contribution in [-0.2, 0) is 13.1 Å². The molecule has 3 aromatic carbocycles. The van der Waals surface area contributed by atoms with E-state index < -0.39 is 0 Å². The summed E-state index contributed by atoms with van der Waals surface area (Å²) < 4.78 is 2.51. The zero-order valence-corrected chi connectivity index (χ0v) is 17.4. The first-order chi connectivity index (χ1) is 11.7. The fourth-order valence-electron chi connectivity index (χ4n) is 2.32. The van der Waals surface area contributed by atoms with Crippen LogP contribution in [-0.4, -0.2) is 0 Å². The molecule has 122 valence electrons. The van der Waals surface area contributed by atoms with Crippen LogP contribution in [0.1, 0.15) is 11.1 Å². The number of hydrogen-bond donors (Lipinski definition) is 2. The minimum absolute atomic E-state index is 0.839. The number of benzene rings is 3. The number of nitrogens with one attached hydrogen (secondary N) is 2. The molecule has 0 aliphatic carbocycles. The Balaban J connectivity index is 1.51. The first-order valence-electron chi connectivity index (χ1n) is 7.76. The van der Waals surface area contributed by atoms with Crippen LogP contribution in [0.25, 0.3) is 0 Å². The van der Waals surface area contributed by atoms with E-state index in [4.69, 9.17) is 0 Å². The van der Waals surface area contributed by atoms with E-state index in [9.17, 15) is 0 Å². The van der Waals surface area contributed by atoms with Gasteiger partial charge in [-0.1, -0.05) is 24.3 Å². The molecule has 0 aromatic heterocycles. The van der Waals surface area contributed by atoms with Crippen molar-refractivity contribution in [3.8, 4) is 0 Å². The molecular formula is C20H18I2N2. The van der Waals surface area contributed by atoms with E-state index in [1.54, 1.807) is 0 Å². The van der Waals surface area contributed by atoms with Crippen molar-refractivity contribution in [2.75, 3.05) is 10.6 Å². The third-order valence-corrected chi connectivity index (χ3v) is 5.14. The lowest BCUT2D eigenvalue weighted by Gasteiger charge is -2.09. The van der Waals surface area contributed by atoms with Crippen LogP contribution in [0.3, 0.4) is 0 Å². The largest absolute Gasteiger partial charge is 0.381 e. The van der Waals surface area contributed by atoms with Gasteiger partial charge in [0, 0.05) is 31.6 Å². The first kappa shape index (κ1) is 17.5. The van der Waals surface area contributed by atoms with Gasteiger partial charge in [0.2, 0.25) is 0 Å². The van der Waals surface area contributed by atoms with Gasteiger partial charge in [-0.25, -0.2) is 0 Å². The lowest BCUT2D eigenvalue weighted by molar-refractivity contribution is 1.11. The molecule has 0 atom stereocenters. The monoisotopic (exact) mass is 540 g/mol. The highest BCUT2D eigenvalue weighted by Gasteiger charge is 1.97. The Kier molecular flexibility index (Phi) is 6.37. The Labute approximate surface area is 170 Å². The highest BCUT2D eigenvalue weighted by molar-refractivity contribution is 14.1. The number of anilines is 2. The zero-order valence-electron chi connectivity index (χ0n) is 13.1. The summed E-state index contributed by atoms with van der Waals surface area (Å²) in [6.45, 7) is 1.68. The molecule has 3 aromatic rings. The quantitative estimate of drug-likeness (QED) is 0.369. The molecule has 0 radical (unpaired) electrons. The van der Waals surface area contributed by atoms with E-state index in [-0.39, 0.29) is 0 Å². The summed E-state index contributed by atoms with van der Waals surface area (Å²) in [6, 6.07) is 25.6. The van der Waals surface area contributed by atoms with Gasteiger partial charge in [0.25, 0.3) is 0 Å². The lowest BCUT2D eigenvalue weighted by atomic mass is 10.1. The van der Waals surface area contributed by atoms with Crippen molar-refractivity contribution in [2.45, 2.75) is 13.1 Å². The van der Waals surface area contributed by atoms with E-state index in [1.807, 2.05) is 0 Å². The molecule has 24 heavy (non-hydrogen) atoms. The van der Waals surface area contributed by atoms with Crippen molar-refractivity contribution >= 4 is 56.6 Å². The maximum Gasteiger partial charge on any atom is 0.0400 e. The minimum atomic E-state index is 0.839. The van der Waals surface area contributed by atoms with Gasteiger partial charge in [0.15, 0.2) is 0 Å². The van der Waals surface area contributed by atoms with Crippen molar-refractivity contribution in [3.63, 3.8) is 0 Å². The summed E-state index contributed by atoms with van der Waals surface area (Å²) >= 11 is 4.64. The average molecular weight is 540 g/mol. The van der Waals surface area contributed by atoms with Crippen LogP contribution in [0.4, 0.5) is 11.4 Å². The predicted molar refractivity (Wildman–Crippen MR) is 119 cm³/mol. The van der Waals surface area contributed by atoms with E-state index >= 15 is 0 Å². The zero-order chi connectivity index (χ0) is 16.8. The highest BCUT2D eigenvalue weighted by atomic mass is 127. The second kappa shape index (κ2) is 8.71. The fourth-order valence-corrected chi connectivity index (χ4v) is 3.04. The summed E-state index contributed by atoms with van der Waals surface area (Å²) in [5, 5.41) is 6.90. The van der Waals surface area contributed by atoms with Crippen LogP contribution in [0.5, 0.6) is 0 Å². The number of rotatable bonds is 6. The highest BCUT2D eigenvalue weighted by Crippen LogP contribution is 2.15. The van der Waals surface area contributed by atoms with E-state index in [0.717, 1.165) is 24.5 Å². The predicted octanol–water partition coefficient (Wildman–Crippen LogP) is 6.12. The van der Waals surface area contributed by atoms with Crippen molar-refractivity contribution in [3.05, 3.63) is 91.1 Å². The van der Waals surface area contributed by atoms with Crippen LogP contribution in [0, 0.1) is 7.14 Å². The standard InChI is InChI=1S/C20H18I2N2/c21-17-5-9-19(10-6-17)23-13-15-1-2-16(4-3-15)14-24-20-11-7-18(22)8-12-20/h1-12,23-24H,13-14H2. The molecule has 0 heterocycles. The van der Waals surface area contributed by atoms with Crippen molar-refractivity contribution in [1.82, 2.24) is 0 Å². The van der Waals surface area contributed by atoms with E-state index in [0.29, 0.717) is 0 Å². The first-order valence-corrected chi connectivity index (χ1v) is 9.91. The third-order valence-electron chi connectivity index (χ3n) is 3.70. The summed E-state index contributed by atoms with van der Waals surface area (Å²) in [6.07, 6.45) is 0. The van der Waals surface area contributed by atoms with Gasteiger partial charge >= 0.3 is 0 Å². The van der Waals surface area contributed by atoms with Crippen molar-refractivity contribution < 1.29 is 0 Å².